The van der Waals surface area contributed by atoms with Crippen LogP contribution >= 0.6 is 23.4 Å². The topological polar surface area (TPSA) is 49.3 Å². The lowest BCUT2D eigenvalue weighted by atomic mass is 9.87. The molecule has 0 spiro atoms. The molecule has 20 heavy (non-hydrogen) atoms. The molecule has 2 N–H and O–H groups in total. The lowest BCUT2D eigenvalue weighted by Gasteiger charge is -2.26. The molecule has 1 aliphatic rings. The molecule has 110 valence electrons. The first kappa shape index (κ1) is 15.7. The van der Waals surface area contributed by atoms with Crippen LogP contribution in [-0.2, 0) is 0 Å². The summed E-state index contributed by atoms with van der Waals surface area (Å²) in [5.41, 5.74) is 0.365. The molecule has 1 saturated carbocycles. The van der Waals surface area contributed by atoms with Crippen molar-refractivity contribution in [3.63, 3.8) is 0 Å². The maximum absolute atomic E-state index is 12.3. The highest BCUT2D eigenvalue weighted by Crippen LogP contribution is 2.37. The maximum atomic E-state index is 12.3. The second-order valence-corrected chi connectivity index (χ2v) is 6.68. The number of aliphatic hydroxyl groups is 1. The van der Waals surface area contributed by atoms with Crippen molar-refractivity contribution in [2.24, 2.45) is 5.41 Å². The Morgan fingerprint density at radius 3 is 2.75 bits per heavy atom. The van der Waals surface area contributed by atoms with Crippen molar-refractivity contribution in [2.45, 2.75) is 30.6 Å². The third-order valence-electron chi connectivity index (χ3n) is 4.04. The first-order valence-electron chi connectivity index (χ1n) is 6.83. The molecular weight excluding hydrogens is 294 g/mol. The van der Waals surface area contributed by atoms with E-state index in [-0.39, 0.29) is 17.9 Å². The standard InChI is InChI=1S/C15H20ClNO2S/c1-20-11-4-5-13(16)12(8-11)14(19)17-9-15(10-18)6-2-3-7-15/h4-5,8,18H,2-3,6-7,9-10H2,1H3,(H,17,19). The van der Waals surface area contributed by atoms with Gasteiger partial charge in [0.2, 0.25) is 0 Å². The summed E-state index contributed by atoms with van der Waals surface area (Å²) in [6.07, 6.45) is 6.16. The Balaban J connectivity index is 2.04. The zero-order valence-corrected chi connectivity index (χ0v) is 13.2. The molecule has 1 fully saturated rings. The van der Waals surface area contributed by atoms with Gasteiger partial charge in [0, 0.05) is 16.9 Å². The Morgan fingerprint density at radius 2 is 2.15 bits per heavy atom. The summed E-state index contributed by atoms with van der Waals surface area (Å²) in [5.74, 6) is -0.161. The summed E-state index contributed by atoms with van der Waals surface area (Å²) >= 11 is 7.67. The molecule has 1 amide bonds. The Morgan fingerprint density at radius 1 is 1.45 bits per heavy atom. The average Bonchev–Trinajstić information content (AvgIpc) is 2.95. The number of nitrogens with one attached hydrogen (secondary N) is 1. The molecule has 1 aromatic carbocycles. The van der Waals surface area contributed by atoms with Crippen LogP contribution in [0.5, 0.6) is 0 Å². The molecule has 0 atom stereocenters. The van der Waals surface area contributed by atoms with Gasteiger partial charge in [0.1, 0.15) is 0 Å². The third-order valence-corrected chi connectivity index (χ3v) is 5.10. The predicted molar refractivity (Wildman–Crippen MR) is 83.6 cm³/mol. The van der Waals surface area contributed by atoms with Crippen LogP contribution < -0.4 is 5.32 Å². The van der Waals surface area contributed by atoms with E-state index in [9.17, 15) is 9.90 Å². The summed E-state index contributed by atoms with van der Waals surface area (Å²) in [5, 5.41) is 13.0. The zero-order chi connectivity index (χ0) is 14.6. The maximum Gasteiger partial charge on any atom is 0.252 e. The van der Waals surface area contributed by atoms with Gasteiger partial charge in [-0.3, -0.25) is 4.79 Å². The highest BCUT2D eigenvalue weighted by atomic mass is 35.5. The van der Waals surface area contributed by atoms with Crippen LogP contribution in [0.4, 0.5) is 0 Å². The second kappa shape index (κ2) is 6.83. The number of halogens is 1. The number of carbonyl (C=O) groups excluding carboxylic acids is 1. The molecule has 0 aliphatic heterocycles. The highest BCUT2D eigenvalue weighted by molar-refractivity contribution is 7.98. The number of hydrogen-bond acceptors (Lipinski definition) is 3. The van der Waals surface area contributed by atoms with Gasteiger partial charge in [0.25, 0.3) is 5.91 Å². The smallest absolute Gasteiger partial charge is 0.252 e. The molecule has 0 radical (unpaired) electrons. The van der Waals surface area contributed by atoms with E-state index in [2.05, 4.69) is 5.32 Å². The minimum Gasteiger partial charge on any atom is -0.396 e. The van der Waals surface area contributed by atoms with Crippen molar-refractivity contribution in [3.8, 4) is 0 Å². The van der Waals surface area contributed by atoms with Crippen LogP contribution in [0.3, 0.4) is 0 Å². The van der Waals surface area contributed by atoms with E-state index in [1.165, 1.54) is 0 Å². The van der Waals surface area contributed by atoms with E-state index in [1.54, 1.807) is 17.8 Å². The summed E-state index contributed by atoms with van der Waals surface area (Å²) in [4.78, 5) is 13.3. The highest BCUT2D eigenvalue weighted by Gasteiger charge is 2.33. The molecule has 0 aromatic heterocycles. The van der Waals surface area contributed by atoms with Crippen molar-refractivity contribution in [2.75, 3.05) is 19.4 Å². The molecule has 0 heterocycles. The van der Waals surface area contributed by atoms with Gasteiger partial charge in [-0.2, -0.15) is 0 Å². The van der Waals surface area contributed by atoms with Crippen LogP contribution in [0.25, 0.3) is 0 Å². The van der Waals surface area contributed by atoms with Crippen molar-refractivity contribution in [1.82, 2.24) is 5.32 Å². The molecule has 2 rings (SSSR count). The predicted octanol–water partition coefficient (Wildman–Crippen LogP) is 3.34. The van der Waals surface area contributed by atoms with Crippen LogP contribution in [0.15, 0.2) is 23.1 Å². The van der Waals surface area contributed by atoms with E-state index in [4.69, 9.17) is 11.6 Å². The van der Waals surface area contributed by atoms with Gasteiger partial charge in [-0.1, -0.05) is 24.4 Å². The average molecular weight is 314 g/mol. The van der Waals surface area contributed by atoms with Crippen molar-refractivity contribution in [1.29, 1.82) is 0 Å². The van der Waals surface area contributed by atoms with E-state index in [0.29, 0.717) is 17.1 Å². The van der Waals surface area contributed by atoms with Crippen molar-refractivity contribution < 1.29 is 9.90 Å². The lowest BCUT2D eigenvalue weighted by molar-refractivity contribution is 0.0880. The molecule has 0 unspecified atom stereocenters. The number of benzene rings is 1. The largest absolute Gasteiger partial charge is 0.396 e. The van der Waals surface area contributed by atoms with Crippen LogP contribution in [0.2, 0.25) is 5.02 Å². The second-order valence-electron chi connectivity index (χ2n) is 5.39. The van der Waals surface area contributed by atoms with Gasteiger partial charge < -0.3 is 10.4 Å². The first-order valence-corrected chi connectivity index (χ1v) is 8.43. The monoisotopic (exact) mass is 313 g/mol. The molecule has 0 saturated heterocycles. The normalized spacial score (nSPS) is 17.1. The van der Waals surface area contributed by atoms with Gasteiger partial charge >= 0.3 is 0 Å². The van der Waals surface area contributed by atoms with E-state index in [1.807, 2.05) is 18.4 Å². The number of hydrogen-bond donors (Lipinski definition) is 2. The number of rotatable bonds is 5. The fraction of sp³-hybridized carbons (Fsp3) is 0.533. The van der Waals surface area contributed by atoms with Crippen molar-refractivity contribution >= 4 is 29.3 Å². The summed E-state index contributed by atoms with van der Waals surface area (Å²) in [7, 11) is 0. The minimum atomic E-state index is -0.161. The van der Waals surface area contributed by atoms with Crippen LogP contribution in [-0.4, -0.2) is 30.4 Å². The van der Waals surface area contributed by atoms with Gasteiger partial charge in [0.15, 0.2) is 0 Å². The van der Waals surface area contributed by atoms with Gasteiger partial charge in [-0.15, -0.1) is 11.8 Å². The van der Waals surface area contributed by atoms with E-state index < -0.39 is 0 Å². The molecule has 1 aromatic rings. The third kappa shape index (κ3) is 3.48. The Hall–Kier alpha value is -0.710. The first-order chi connectivity index (χ1) is 9.60. The SMILES string of the molecule is CSc1ccc(Cl)c(C(=O)NCC2(CO)CCCC2)c1. The fourth-order valence-electron chi connectivity index (χ4n) is 2.68. The molecule has 3 nitrogen and oxygen atoms in total. The lowest BCUT2D eigenvalue weighted by Crippen LogP contribution is -2.38. The fourth-order valence-corrected chi connectivity index (χ4v) is 3.33. The Labute approximate surface area is 129 Å². The van der Waals surface area contributed by atoms with Crippen molar-refractivity contribution in [3.05, 3.63) is 28.8 Å². The summed E-state index contributed by atoms with van der Waals surface area (Å²) in [6.45, 7) is 0.647. The molecule has 1 aliphatic carbocycles. The number of carbonyl (C=O) groups is 1. The van der Waals surface area contributed by atoms with E-state index in [0.717, 1.165) is 30.6 Å². The van der Waals surface area contributed by atoms with Gasteiger partial charge in [-0.25, -0.2) is 0 Å². The number of amides is 1. The Kier molecular flexibility index (Phi) is 5.35. The van der Waals surface area contributed by atoms with Crippen LogP contribution in [0.1, 0.15) is 36.0 Å². The number of thioether (sulfide) groups is 1. The Bertz CT molecular complexity index is 487. The number of aliphatic hydroxyl groups excluding tert-OH is 1. The van der Waals surface area contributed by atoms with Gasteiger partial charge in [0.05, 0.1) is 17.2 Å². The minimum absolute atomic E-state index is 0.131. The van der Waals surface area contributed by atoms with Gasteiger partial charge in [-0.05, 0) is 37.3 Å². The van der Waals surface area contributed by atoms with E-state index >= 15 is 0 Å². The zero-order valence-electron chi connectivity index (χ0n) is 11.6. The summed E-state index contributed by atoms with van der Waals surface area (Å²) < 4.78 is 0. The molecule has 5 heteroatoms. The quantitative estimate of drug-likeness (QED) is 0.820. The van der Waals surface area contributed by atoms with Crippen LogP contribution in [0, 0.1) is 5.41 Å². The molecule has 0 bridgehead atoms. The molecular formula is C15H20ClNO2S. The summed E-state index contributed by atoms with van der Waals surface area (Å²) in [6, 6.07) is 5.46.